The lowest BCUT2D eigenvalue weighted by molar-refractivity contribution is -0.145. The van der Waals surface area contributed by atoms with Crippen LogP contribution in [0.1, 0.15) is 57.2 Å². The Morgan fingerprint density at radius 3 is 3.08 bits per heavy atom. The minimum Gasteiger partial charge on any atom is -0.367 e. The first kappa shape index (κ1) is 17.0. The molecule has 3 aliphatic rings. The number of hydrogen-bond donors (Lipinski definition) is 2. The highest BCUT2D eigenvalue weighted by Gasteiger charge is 2.49. The van der Waals surface area contributed by atoms with Gasteiger partial charge in [0.1, 0.15) is 0 Å². The fourth-order valence-electron chi connectivity index (χ4n) is 4.67. The minimum absolute atomic E-state index is 0.0512. The van der Waals surface area contributed by atoms with Crippen molar-refractivity contribution < 1.29 is 9.53 Å². The molecule has 138 valence electrons. The Hall–Kier alpha value is -1.40. The normalized spacial score (nSPS) is 31.1. The van der Waals surface area contributed by atoms with Gasteiger partial charge in [-0.05, 0) is 51.0 Å². The van der Waals surface area contributed by atoms with Crippen molar-refractivity contribution in [2.24, 2.45) is 5.92 Å². The van der Waals surface area contributed by atoms with Crippen molar-refractivity contribution in [3.05, 3.63) is 17.5 Å². The van der Waals surface area contributed by atoms with Crippen LogP contribution < -0.4 is 5.32 Å². The molecule has 1 spiro atoms. The number of hydrogen-bond acceptors (Lipinski definition) is 4. The van der Waals surface area contributed by atoms with E-state index in [-0.39, 0.29) is 23.5 Å². The van der Waals surface area contributed by atoms with Crippen molar-refractivity contribution in [1.29, 1.82) is 0 Å². The fraction of sp³-hybridized carbons (Fsp3) is 0.789. The highest BCUT2D eigenvalue weighted by molar-refractivity contribution is 5.83. The predicted octanol–water partition coefficient (Wildman–Crippen LogP) is 1.83. The number of carbonyl (C=O) groups excluding carboxylic acids is 1. The summed E-state index contributed by atoms with van der Waals surface area (Å²) in [4.78, 5) is 15.2. The van der Waals surface area contributed by atoms with E-state index in [1.807, 2.05) is 6.20 Å². The van der Waals surface area contributed by atoms with Gasteiger partial charge in [-0.1, -0.05) is 6.92 Å². The molecule has 2 aliphatic heterocycles. The molecule has 1 amide bonds. The number of nitrogens with one attached hydrogen (secondary N) is 2. The lowest BCUT2D eigenvalue weighted by Gasteiger charge is -2.49. The van der Waals surface area contributed by atoms with Gasteiger partial charge in [0.2, 0.25) is 5.91 Å². The molecule has 2 fully saturated rings. The minimum atomic E-state index is -0.100. The molecule has 2 saturated heterocycles. The number of aromatic amines is 1. The zero-order chi connectivity index (χ0) is 17.6. The Morgan fingerprint density at radius 1 is 1.52 bits per heavy atom. The first-order chi connectivity index (χ1) is 12.0. The maximum absolute atomic E-state index is 12.7. The molecule has 2 N–H and O–H groups in total. The van der Waals surface area contributed by atoms with Crippen LogP contribution in [0.3, 0.4) is 0 Å². The summed E-state index contributed by atoms with van der Waals surface area (Å²) in [6, 6.07) is 0.588. The van der Waals surface area contributed by atoms with Crippen molar-refractivity contribution in [3.63, 3.8) is 0 Å². The lowest BCUT2D eigenvalue weighted by Crippen LogP contribution is -2.63. The summed E-state index contributed by atoms with van der Waals surface area (Å²) >= 11 is 0. The molecule has 3 atom stereocenters. The molecular weight excluding hydrogens is 316 g/mol. The topological polar surface area (TPSA) is 70.2 Å². The largest absolute Gasteiger partial charge is 0.367 e. The molecule has 3 unspecified atom stereocenters. The zero-order valence-corrected chi connectivity index (χ0v) is 15.5. The number of carbonyl (C=O) groups is 1. The van der Waals surface area contributed by atoms with Crippen LogP contribution in [0.15, 0.2) is 6.20 Å². The molecule has 1 aromatic rings. The van der Waals surface area contributed by atoms with Gasteiger partial charge in [0.05, 0.1) is 29.5 Å². The van der Waals surface area contributed by atoms with Crippen LogP contribution in [0.5, 0.6) is 0 Å². The van der Waals surface area contributed by atoms with Crippen molar-refractivity contribution in [2.75, 3.05) is 19.6 Å². The Morgan fingerprint density at radius 2 is 2.32 bits per heavy atom. The van der Waals surface area contributed by atoms with Gasteiger partial charge in [-0.2, -0.15) is 5.10 Å². The summed E-state index contributed by atoms with van der Waals surface area (Å²) in [6.07, 6.45) is 6.08. The van der Waals surface area contributed by atoms with Crippen molar-refractivity contribution in [1.82, 2.24) is 20.4 Å². The van der Waals surface area contributed by atoms with Gasteiger partial charge in [-0.15, -0.1) is 0 Å². The molecule has 0 saturated carbocycles. The molecule has 6 nitrogen and oxygen atoms in total. The van der Waals surface area contributed by atoms with Gasteiger partial charge in [0.25, 0.3) is 0 Å². The highest BCUT2D eigenvalue weighted by Crippen LogP contribution is 2.39. The zero-order valence-electron chi connectivity index (χ0n) is 15.5. The van der Waals surface area contributed by atoms with Gasteiger partial charge in [0.15, 0.2) is 0 Å². The van der Waals surface area contributed by atoms with Gasteiger partial charge in [0, 0.05) is 25.7 Å². The SMILES string of the molecule is CC1Cc2cn[nH]c2C(C(=O)NCC2CCC3(CN(C(C)C)C3)O2)C1. The third-order valence-corrected chi connectivity index (χ3v) is 6.18. The van der Waals surface area contributed by atoms with Crippen LogP contribution in [-0.2, 0) is 16.0 Å². The van der Waals surface area contributed by atoms with Crippen molar-refractivity contribution in [2.45, 2.75) is 70.1 Å². The van der Waals surface area contributed by atoms with E-state index >= 15 is 0 Å². The standard InChI is InChI=1S/C19H30N4O2/c1-12(2)23-10-19(11-23)5-4-15(25-19)9-20-18(24)16-7-13(3)6-14-8-21-22-17(14)16/h8,12-13,15-16H,4-7,9-11H2,1-3H3,(H,20,24)(H,21,22). The summed E-state index contributed by atoms with van der Waals surface area (Å²) in [5.74, 6) is 0.527. The van der Waals surface area contributed by atoms with E-state index in [0.717, 1.165) is 44.5 Å². The first-order valence-electron chi connectivity index (χ1n) is 9.67. The number of amides is 1. The second kappa shape index (κ2) is 6.40. The van der Waals surface area contributed by atoms with Crippen LogP contribution in [0.4, 0.5) is 0 Å². The summed E-state index contributed by atoms with van der Waals surface area (Å²) in [5, 5.41) is 10.3. The van der Waals surface area contributed by atoms with E-state index in [0.29, 0.717) is 18.5 Å². The molecule has 1 aliphatic carbocycles. The molecule has 3 heterocycles. The third kappa shape index (κ3) is 3.22. The summed E-state index contributed by atoms with van der Waals surface area (Å²) in [5.41, 5.74) is 2.25. The van der Waals surface area contributed by atoms with E-state index < -0.39 is 0 Å². The second-order valence-electron chi connectivity index (χ2n) is 8.61. The van der Waals surface area contributed by atoms with E-state index in [2.05, 4.69) is 41.2 Å². The molecule has 0 aromatic carbocycles. The summed E-state index contributed by atoms with van der Waals surface area (Å²) < 4.78 is 6.30. The van der Waals surface area contributed by atoms with Crippen molar-refractivity contribution >= 4 is 5.91 Å². The predicted molar refractivity (Wildman–Crippen MR) is 95.4 cm³/mol. The number of fused-ring (bicyclic) bond motifs is 1. The Bertz CT molecular complexity index is 635. The smallest absolute Gasteiger partial charge is 0.229 e. The first-order valence-corrected chi connectivity index (χ1v) is 9.67. The molecule has 0 bridgehead atoms. The molecule has 1 aromatic heterocycles. The van der Waals surface area contributed by atoms with Crippen LogP contribution in [0.25, 0.3) is 0 Å². The maximum Gasteiger partial charge on any atom is 0.229 e. The van der Waals surface area contributed by atoms with Gasteiger partial charge in [-0.25, -0.2) is 0 Å². The van der Waals surface area contributed by atoms with E-state index in [9.17, 15) is 4.79 Å². The Kier molecular flexibility index (Phi) is 4.36. The molecule has 25 heavy (non-hydrogen) atoms. The molecular formula is C19H30N4O2. The maximum atomic E-state index is 12.7. The van der Waals surface area contributed by atoms with Gasteiger partial charge < -0.3 is 10.1 Å². The average molecular weight is 346 g/mol. The van der Waals surface area contributed by atoms with E-state index in [1.165, 1.54) is 5.56 Å². The Balaban J connectivity index is 1.29. The molecule has 0 radical (unpaired) electrons. The number of aromatic nitrogens is 2. The summed E-state index contributed by atoms with van der Waals surface area (Å²) in [7, 11) is 0. The highest BCUT2D eigenvalue weighted by atomic mass is 16.5. The lowest BCUT2D eigenvalue weighted by atomic mass is 9.81. The number of nitrogens with zero attached hydrogens (tertiary/aromatic N) is 2. The fourth-order valence-corrected chi connectivity index (χ4v) is 4.67. The van der Waals surface area contributed by atoms with Crippen LogP contribution in [0.2, 0.25) is 0 Å². The monoisotopic (exact) mass is 346 g/mol. The molecule has 4 rings (SSSR count). The number of H-pyrrole nitrogens is 1. The quantitative estimate of drug-likeness (QED) is 0.873. The van der Waals surface area contributed by atoms with Gasteiger partial charge >= 0.3 is 0 Å². The van der Waals surface area contributed by atoms with Crippen LogP contribution in [0, 0.1) is 5.92 Å². The van der Waals surface area contributed by atoms with E-state index in [1.54, 1.807) is 0 Å². The summed E-state index contributed by atoms with van der Waals surface area (Å²) in [6.45, 7) is 9.36. The number of ether oxygens (including phenoxy) is 1. The second-order valence-corrected chi connectivity index (χ2v) is 8.61. The van der Waals surface area contributed by atoms with Crippen LogP contribution in [-0.4, -0.2) is 58.4 Å². The molecule has 6 heteroatoms. The van der Waals surface area contributed by atoms with Crippen molar-refractivity contribution in [3.8, 4) is 0 Å². The Labute approximate surface area is 149 Å². The third-order valence-electron chi connectivity index (χ3n) is 6.18. The number of rotatable bonds is 4. The van der Waals surface area contributed by atoms with Gasteiger partial charge in [-0.3, -0.25) is 14.8 Å². The number of likely N-dealkylation sites (tertiary alicyclic amines) is 1. The van der Waals surface area contributed by atoms with Crippen LogP contribution >= 0.6 is 0 Å². The van der Waals surface area contributed by atoms with E-state index in [4.69, 9.17) is 4.74 Å². The average Bonchev–Trinajstić information content (AvgIpc) is 3.16.